The maximum atomic E-state index is 12.0. The van der Waals surface area contributed by atoms with Crippen molar-refractivity contribution in [2.24, 2.45) is 0 Å². The van der Waals surface area contributed by atoms with E-state index in [1.165, 1.54) is 31.3 Å². The van der Waals surface area contributed by atoms with E-state index in [0.29, 0.717) is 15.6 Å². The molecule has 0 unspecified atom stereocenters. The Morgan fingerprint density at radius 1 is 1.08 bits per heavy atom. The number of nitrogens with zero attached hydrogens (tertiary/aromatic N) is 1. The lowest BCUT2D eigenvalue weighted by Crippen LogP contribution is -2.35. The second kappa shape index (κ2) is 9.17. The minimum atomic E-state index is -1.06. The van der Waals surface area contributed by atoms with Crippen LogP contribution < -0.4 is 10.6 Å². The van der Waals surface area contributed by atoms with Crippen LogP contribution in [-0.4, -0.2) is 35.4 Å². The Labute approximate surface area is 159 Å². The van der Waals surface area contributed by atoms with Gasteiger partial charge in [0, 0.05) is 16.8 Å². The third kappa shape index (κ3) is 6.02. The van der Waals surface area contributed by atoms with Crippen molar-refractivity contribution in [1.29, 1.82) is 0 Å². The van der Waals surface area contributed by atoms with Gasteiger partial charge in [0.15, 0.2) is 6.10 Å². The molecule has 0 aliphatic carbocycles. The van der Waals surface area contributed by atoms with Gasteiger partial charge < -0.3 is 15.4 Å². The van der Waals surface area contributed by atoms with Crippen LogP contribution in [0.25, 0.3) is 0 Å². The van der Waals surface area contributed by atoms with Gasteiger partial charge in [-0.3, -0.25) is 14.4 Å². The summed E-state index contributed by atoms with van der Waals surface area (Å²) in [5.74, 6) is -1.49. The number of carbonyl (C=O) groups excluding carboxylic acids is 3. The quantitative estimate of drug-likeness (QED) is 0.732. The Morgan fingerprint density at radius 3 is 2.35 bits per heavy atom. The average molecular weight is 396 g/mol. The number of carbonyl (C=O) groups is 3. The zero-order chi connectivity index (χ0) is 19.1. The fraction of sp³-hybridized carbons (Fsp3) is 0.176. The predicted molar refractivity (Wildman–Crippen MR) is 97.2 cm³/mol. The van der Waals surface area contributed by atoms with E-state index in [4.69, 9.17) is 27.9 Å². The zero-order valence-corrected chi connectivity index (χ0v) is 15.2. The molecule has 9 heteroatoms. The second-order valence-corrected chi connectivity index (χ2v) is 6.05. The predicted octanol–water partition coefficient (Wildman–Crippen LogP) is 2.69. The molecule has 136 valence electrons. The Balaban J connectivity index is 1.79. The van der Waals surface area contributed by atoms with Gasteiger partial charge in [-0.2, -0.15) is 0 Å². The molecule has 2 amide bonds. The van der Waals surface area contributed by atoms with Crippen LogP contribution in [0.4, 0.5) is 5.82 Å². The van der Waals surface area contributed by atoms with Gasteiger partial charge in [0.05, 0.1) is 5.02 Å². The SMILES string of the molecule is C[C@@H](OC(=O)CNC(=O)c1ccc(Cl)cc1)C(=O)Nc1ccc(Cl)cn1. The maximum Gasteiger partial charge on any atom is 0.326 e. The van der Waals surface area contributed by atoms with Crippen LogP contribution in [0.1, 0.15) is 17.3 Å². The molecule has 1 atom stereocenters. The molecule has 2 rings (SSSR count). The summed E-state index contributed by atoms with van der Waals surface area (Å²) >= 11 is 11.4. The number of benzene rings is 1. The van der Waals surface area contributed by atoms with Crippen LogP contribution in [0, 0.1) is 0 Å². The van der Waals surface area contributed by atoms with E-state index >= 15 is 0 Å². The van der Waals surface area contributed by atoms with E-state index in [-0.39, 0.29) is 12.4 Å². The topological polar surface area (TPSA) is 97.4 Å². The highest BCUT2D eigenvalue weighted by molar-refractivity contribution is 6.30. The number of esters is 1. The van der Waals surface area contributed by atoms with Gasteiger partial charge in [-0.05, 0) is 43.3 Å². The van der Waals surface area contributed by atoms with Gasteiger partial charge >= 0.3 is 5.97 Å². The number of halogens is 2. The van der Waals surface area contributed by atoms with Crippen molar-refractivity contribution < 1.29 is 19.1 Å². The molecule has 2 N–H and O–H groups in total. The van der Waals surface area contributed by atoms with Crippen molar-refractivity contribution in [2.75, 3.05) is 11.9 Å². The number of anilines is 1. The molecule has 0 bridgehead atoms. The maximum absolute atomic E-state index is 12.0. The van der Waals surface area contributed by atoms with Crippen LogP contribution >= 0.6 is 23.2 Å². The van der Waals surface area contributed by atoms with Gasteiger partial charge in [0.2, 0.25) is 0 Å². The number of amides is 2. The van der Waals surface area contributed by atoms with Crippen LogP contribution in [0.2, 0.25) is 10.0 Å². The zero-order valence-electron chi connectivity index (χ0n) is 13.7. The van der Waals surface area contributed by atoms with Gasteiger partial charge in [-0.1, -0.05) is 23.2 Å². The molecule has 0 saturated carbocycles. The third-order valence-corrected chi connectivity index (χ3v) is 3.63. The fourth-order valence-corrected chi connectivity index (χ4v) is 2.06. The molecule has 1 aromatic heterocycles. The molecule has 26 heavy (non-hydrogen) atoms. The van der Waals surface area contributed by atoms with E-state index in [1.54, 1.807) is 18.2 Å². The number of pyridine rings is 1. The average Bonchev–Trinajstić information content (AvgIpc) is 2.62. The van der Waals surface area contributed by atoms with Crippen molar-refractivity contribution in [2.45, 2.75) is 13.0 Å². The van der Waals surface area contributed by atoms with Crippen molar-refractivity contribution in [3.63, 3.8) is 0 Å². The first-order chi connectivity index (χ1) is 12.3. The summed E-state index contributed by atoms with van der Waals surface area (Å²) < 4.78 is 4.97. The first kappa shape index (κ1) is 19.7. The lowest BCUT2D eigenvalue weighted by molar-refractivity contribution is -0.152. The number of nitrogens with one attached hydrogen (secondary N) is 2. The summed E-state index contributed by atoms with van der Waals surface area (Å²) in [5, 5.41) is 5.81. The summed E-state index contributed by atoms with van der Waals surface area (Å²) in [6.45, 7) is 1.03. The molecular formula is C17H15Cl2N3O4. The van der Waals surface area contributed by atoms with Crippen molar-refractivity contribution >= 4 is 46.8 Å². The van der Waals surface area contributed by atoms with Gasteiger partial charge in [-0.15, -0.1) is 0 Å². The van der Waals surface area contributed by atoms with Gasteiger partial charge in [0.25, 0.3) is 11.8 Å². The third-order valence-electron chi connectivity index (χ3n) is 3.16. The summed E-state index contributed by atoms with van der Waals surface area (Å²) in [6.07, 6.45) is 0.313. The highest BCUT2D eigenvalue weighted by Gasteiger charge is 2.19. The van der Waals surface area contributed by atoms with E-state index < -0.39 is 23.9 Å². The number of rotatable bonds is 6. The summed E-state index contributed by atoms with van der Waals surface area (Å²) in [6, 6.07) is 9.25. The smallest absolute Gasteiger partial charge is 0.326 e. The highest BCUT2D eigenvalue weighted by atomic mass is 35.5. The van der Waals surface area contributed by atoms with Gasteiger partial charge in [-0.25, -0.2) is 4.98 Å². The van der Waals surface area contributed by atoms with Crippen LogP contribution in [0.5, 0.6) is 0 Å². The number of aromatic nitrogens is 1. The Morgan fingerprint density at radius 2 is 1.73 bits per heavy atom. The van der Waals surface area contributed by atoms with E-state index in [2.05, 4.69) is 15.6 Å². The van der Waals surface area contributed by atoms with Crippen LogP contribution in [-0.2, 0) is 14.3 Å². The molecule has 7 nitrogen and oxygen atoms in total. The largest absolute Gasteiger partial charge is 0.451 e. The monoisotopic (exact) mass is 395 g/mol. The van der Waals surface area contributed by atoms with Crippen molar-refractivity contribution in [3.05, 3.63) is 58.2 Å². The summed E-state index contributed by atoms with van der Waals surface area (Å²) in [5.41, 5.74) is 0.349. The lowest BCUT2D eigenvalue weighted by Gasteiger charge is -2.13. The number of ether oxygens (including phenoxy) is 1. The molecule has 0 fully saturated rings. The minimum Gasteiger partial charge on any atom is -0.451 e. The fourth-order valence-electron chi connectivity index (χ4n) is 1.83. The molecule has 1 heterocycles. The molecule has 2 aromatic rings. The van der Waals surface area contributed by atoms with Crippen molar-refractivity contribution in [3.8, 4) is 0 Å². The second-order valence-electron chi connectivity index (χ2n) is 5.17. The van der Waals surface area contributed by atoms with Crippen molar-refractivity contribution in [1.82, 2.24) is 10.3 Å². The molecular weight excluding hydrogens is 381 g/mol. The van der Waals surface area contributed by atoms with Gasteiger partial charge in [0.1, 0.15) is 12.4 Å². The Kier molecular flexibility index (Phi) is 6.94. The first-order valence-electron chi connectivity index (χ1n) is 7.51. The van der Waals surface area contributed by atoms with E-state index in [1.807, 2.05) is 0 Å². The molecule has 0 radical (unpaired) electrons. The van der Waals surface area contributed by atoms with Crippen LogP contribution in [0.15, 0.2) is 42.6 Å². The molecule has 0 aliphatic heterocycles. The first-order valence-corrected chi connectivity index (χ1v) is 8.26. The standard InChI is InChI=1S/C17H15Cl2N3O4/c1-10(16(24)22-14-7-6-13(19)8-20-14)26-15(23)9-21-17(25)11-2-4-12(18)5-3-11/h2-8,10H,9H2,1H3,(H,21,25)(H,20,22,24)/t10-/m1/s1. The summed E-state index contributed by atoms with van der Waals surface area (Å²) in [7, 11) is 0. The van der Waals surface area contributed by atoms with Crippen LogP contribution in [0.3, 0.4) is 0 Å². The number of hydrogen-bond acceptors (Lipinski definition) is 5. The lowest BCUT2D eigenvalue weighted by atomic mass is 10.2. The van der Waals surface area contributed by atoms with E-state index in [9.17, 15) is 14.4 Å². The Hall–Kier alpha value is -2.64. The minimum absolute atomic E-state index is 0.276. The highest BCUT2D eigenvalue weighted by Crippen LogP contribution is 2.10. The molecule has 1 aromatic carbocycles. The van der Waals surface area contributed by atoms with E-state index in [0.717, 1.165) is 0 Å². The number of hydrogen-bond donors (Lipinski definition) is 2. The summed E-state index contributed by atoms with van der Waals surface area (Å²) in [4.78, 5) is 39.5. The molecule has 0 saturated heterocycles. The normalized spacial score (nSPS) is 11.3. The molecule has 0 aliphatic rings. The molecule has 0 spiro atoms. The Bertz CT molecular complexity index is 795.